The predicted molar refractivity (Wildman–Crippen MR) is 68.7 cm³/mol. The average Bonchev–Trinajstić information content (AvgIpc) is 2.78. The first-order chi connectivity index (χ1) is 8.22. The third-order valence-corrected chi connectivity index (χ3v) is 3.46. The van der Waals surface area contributed by atoms with Gasteiger partial charge in [-0.1, -0.05) is 26.3 Å². The molecule has 1 N–H and O–H groups in total. The van der Waals surface area contributed by atoms with E-state index >= 15 is 0 Å². The van der Waals surface area contributed by atoms with Crippen LogP contribution < -0.4 is 5.32 Å². The summed E-state index contributed by atoms with van der Waals surface area (Å²) in [5.74, 6) is 1.64. The van der Waals surface area contributed by atoms with Crippen LogP contribution in [0, 0.1) is 5.92 Å². The molecular weight excluding hydrogens is 212 g/mol. The van der Waals surface area contributed by atoms with E-state index in [1.807, 2.05) is 28.8 Å². The van der Waals surface area contributed by atoms with E-state index in [9.17, 15) is 0 Å². The summed E-state index contributed by atoms with van der Waals surface area (Å²) in [5, 5.41) is 11.8. The molecule has 2 aromatic heterocycles. The molecule has 0 fully saturated rings. The van der Waals surface area contributed by atoms with Gasteiger partial charge in [0, 0.05) is 12.2 Å². The smallest absolute Gasteiger partial charge is 0.160 e. The lowest BCUT2D eigenvalue weighted by atomic mass is 10.0. The second-order valence-corrected chi connectivity index (χ2v) is 4.60. The fraction of sp³-hybridized carbons (Fsp3) is 0.538. The zero-order valence-corrected chi connectivity index (χ0v) is 10.7. The van der Waals surface area contributed by atoms with Gasteiger partial charge in [0.05, 0.1) is 6.54 Å². The lowest BCUT2D eigenvalue weighted by Gasteiger charge is -2.19. The number of nitrogens with one attached hydrogen (secondary N) is 1. The Labute approximate surface area is 102 Å². The van der Waals surface area contributed by atoms with Crippen LogP contribution in [0.25, 0.3) is 5.65 Å². The van der Waals surface area contributed by atoms with Crippen molar-refractivity contribution < 1.29 is 0 Å². The lowest BCUT2D eigenvalue weighted by molar-refractivity contribution is 0.385. The molecule has 0 radical (unpaired) electrons. The third kappa shape index (κ3) is 2.64. The van der Waals surface area contributed by atoms with Crippen LogP contribution >= 0.6 is 0 Å². The number of nitrogens with zero attached hydrogens (tertiary/aromatic N) is 3. The summed E-state index contributed by atoms with van der Waals surface area (Å²) in [4.78, 5) is 0. The maximum absolute atomic E-state index is 4.20. The monoisotopic (exact) mass is 232 g/mol. The fourth-order valence-corrected chi connectivity index (χ4v) is 1.82. The highest BCUT2D eigenvalue weighted by atomic mass is 15.3. The topological polar surface area (TPSA) is 42.2 Å². The van der Waals surface area contributed by atoms with Gasteiger partial charge in [0.25, 0.3) is 0 Å². The highest BCUT2D eigenvalue weighted by Crippen LogP contribution is 2.08. The Morgan fingerprint density at radius 1 is 1.29 bits per heavy atom. The summed E-state index contributed by atoms with van der Waals surface area (Å²) in [6.45, 7) is 7.46. The van der Waals surface area contributed by atoms with Crippen molar-refractivity contribution in [1.82, 2.24) is 19.9 Å². The van der Waals surface area contributed by atoms with Crippen LogP contribution in [0.15, 0.2) is 24.4 Å². The van der Waals surface area contributed by atoms with Crippen molar-refractivity contribution in [2.24, 2.45) is 5.92 Å². The molecule has 4 heteroatoms. The van der Waals surface area contributed by atoms with Crippen LogP contribution in [-0.2, 0) is 6.54 Å². The number of pyridine rings is 1. The van der Waals surface area contributed by atoms with Crippen LogP contribution in [0.3, 0.4) is 0 Å². The molecule has 0 unspecified atom stereocenters. The fourth-order valence-electron chi connectivity index (χ4n) is 1.82. The van der Waals surface area contributed by atoms with Crippen LogP contribution in [-0.4, -0.2) is 20.6 Å². The van der Waals surface area contributed by atoms with E-state index < -0.39 is 0 Å². The van der Waals surface area contributed by atoms with E-state index in [1.54, 1.807) is 0 Å². The Bertz CT molecular complexity index is 477. The van der Waals surface area contributed by atoms with Crippen molar-refractivity contribution >= 4 is 5.65 Å². The summed E-state index contributed by atoms with van der Waals surface area (Å²) >= 11 is 0. The maximum atomic E-state index is 4.20. The van der Waals surface area contributed by atoms with Gasteiger partial charge < -0.3 is 5.32 Å². The minimum atomic E-state index is 0.496. The molecule has 0 saturated carbocycles. The SMILES string of the molecule is CC[C@@H](C)[C@H](C)NCc1nnc2ccccn12. The minimum absolute atomic E-state index is 0.496. The highest BCUT2D eigenvalue weighted by molar-refractivity contribution is 5.36. The molecule has 0 saturated heterocycles. The van der Waals surface area contributed by atoms with Crippen LogP contribution in [0.4, 0.5) is 0 Å². The maximum Gasteiger partial charge on any atom is 0.160 e. The number of hydrogen-bond donors (Lipinski definition) is 1. The summed E-state index contributed by atoms with van der Waals surface area (Å²) in [6.07, 6.45) is 3.19. The van der Waals surface area contributed by atoms with Crippen LogP contribution in [0.5, 0.6) is 0 Å². The number of hydrogen-bond acceptors (Lipinski definition) is 3. The van der Waals surface area contributed by atoms with Crippen molar-refractivity contribution in [1.29, 1.82) is 0 Å². The Hall–Kier alpha value is -1.42. The Morgan fingerprint density at radius 2 is 2.12 bits per heavy atom. The van der Waals surface area contributed by atoms with E-state index in [4.69, 9.17) is 0 Å². The van der Waals surface area contributed by atoms with Gasteiger partial charge in [0.1, 0.15) is 0 Å². The second kappa shape index (κ2) is 5.27. The lowest BCUT2D eigenvalue weighted by Crippen LogP contribution is -2.31. The standard InChI is InChI=1S/C13H20N4/c1-4-10(2)11(3)14-9-13-16-15-12-7-5-6-8-17(12)13/h5-8,10-11,14H,4,9H2,1-3H3/t10-,11+/m1/s1. The van der Waals surface area contributed by atoms with E-state index in [-0.39, 0.29) is 0 Å². The van der Waals surface area contributed by atoms with E-state index in [0.717, 1.165) is 18.0 Å². The molecule has 0 aliphatic carbocycles. The molecule has 0 amide bonds. The van der Waals surface area contributed by atoms with Gasteiger partial charge in [-0.2, -0.15) is 0 Å². The van der Waals surface area contributed by atoms with Gasteiger partial charge in [0.2, 0.25) is 0 Å². The summed E-state index contributed by atoms with van der Waals surface area (Å²) in [5.41, 5.74) is 0.903. The summed E-state index contributed by atoms with van der Waals surface area (Å²) < 4.78 is 2.02. The summed E-state index contributed by atoms with van der Waals surface area (Å²) in [6, 6.07) is 6.44. The molecule has 2 heterocycles. The first kappa shape index (κ1) is 12.0. The normalized spacial score (nSPS) is 15.0. The Morgan fingerprint density at radius 3 is 2.88 bits per heavy atom. The number of rotatable bonds is 5. The molecule has 17 heavy (non-hydrogen) atoms. The predicted octanol–water partition coefficient (Wildman–Crippen LogP) is 2.25. The third-order valence-electron chi connectivity index (χ3n) is 3.46. The second-order valence-electron chi connectivity index (χ2n) is 4.60. The molecule has 2 aromatic rings. The van der Waals surface area contributed by atoms with Gasteiger partial charge in [0.15, 0.2) is 11.5 Å². The van der Waals surface area contributed by atoms with E-state index in [0.29, 0.717) is 12.0 Å². The molecule has 0 spiro atoms. The van der Waals surface area contributed by atoms with Gasteiger partial charge in [-0.3, -0.25) is 4.40 Å². The molecule has 0 aliphatic heterocycles. The number of fused-ring (bicyclic) bond motifs is 1. The molecule has 0 aromatic carbocycles. The largest absolute Gasteiger partial charge is 0.307 e. The molecule has 2 rings (SSSR count). The van der Waals surface area contributed by atoms with Crippen molar-refractivity contribution in [3.05, 3.63) is 30.2 Å². The van der Waals surface area contributed by atoms with E-state index in [1.165, 1.54) is 6.42 Å². The highest BCUT2D eigenvalue weighted by Gasteiger charge is 2.11. The van der Waals surface area contributed by atoms with Crippen molar-refractivity contribution in [2.45, 2.75) is 39.8 Å². The van der Waals surface area contributed by atoms with Crippen molar-refractivity contribution in [3.8, 4) is 0 Å². The first-order valence-corrected chi connectivity index (χ1v) is 6.24. The Balaban J connectivity index is 2.04. The average molecular weight is 232 g/mol. The van der Waals surface area contributed by atoms with E-state index in [2.05, 4.69) is 36.3 Å². The number of aromatic nitrogens is 3. The van der Waals surface area contributed by atoms with Crippen LogP contribution in [0.2, 0.25) is 0 Å². The van der Waals surface area contributed by atoms with Gasteiger partial charge in [-0.05, 0) is 25.0 Å². The van der Waals surface area contributed by atoms with Gasteiger partial charge >= 0.3 is 0 Å². The van der Waals surface area contributed by atoms with Crippen molar-refractivity contribution in [2.75, 3.05) is 0 Å². The first-order valence-electron chi connectivity index (χ1n) is 6.24. The molecule has 2 atom stereocenters. The molecule has 0 aliphatic rings. The zero-order valence-electron chi connectivity index (χ0n) is 10.7. The molecular formula is C13H20N4. The summed E-state index contributed by atoms with van der Waals surface area (Å²) in [7, 11) is 0. The van der Waals surface area contributed by atoms with Gasteiger partial charge in [-0.15, -0.1) is 10.2 Å². The minimum Gasteiger partial charge on any atom is -0.307 e. The molecule has 4 nitrogen and oxygen atoms in total. The quantitative estimate of drug-likeness (QED) is 0.859. The Kier molecular flexibility index (Phi) is 3.74. The molecule has 0 bridgehead atoms. The van der Waals surface area contributed by atoms with Crippen molar-refractivity contribution in [3.63, 3.8) is 0 Å². The zero-order chi connectivity index (χ0) is 12.3. The molecule has 92 valence electrons. The van der Waals surface area contributed by atoms with Gasteiger partial charge in [-0.25, -0.2) is 0 Å². The van der Waals surface area contributed by atoms with Crippen LogP contribution in [0.1, 0.15) is 33.0 Å².